The summed E-state index contributed by atoms with van der Waals surface area (Å²) in [6.07, 6.45) is 1.22. The Bertz CT molecular complexity index is 781. The fourth-order valence-corrected chi connectivity index (χ4v) is 3.18. The minimum atomic E-state index is -0.496. The summed E-state index contributed by atoms with van der Waals surface area (Å²) in [5.41, 5.74) is 0.588. The maximum absolute atomic E-state index is 14.3. The summed E-state index contributed by atoms with van der Waals surface area (Å²) in [5.74, 6) is -0.868. The van der Waals surface area contributed by atoms with Crippen LogP contribution in [0, 0.1) is 5.82 Å². The molecule has 2 amide bonds. The van der Waals surface area contributed by atoms with Crippen molar-refractivity contribution in [3.05, 3.63) is 64.4 Å². The Morgan fingerprint density at radius 2 is 1.88 bits per heavy atom. The molecule has 0 aliphatic carbocycles. The van der Waals surface area contributed by atoms with Crippen molar-refractivity contribution in [2.24, 2.45) is 0 Å². The first-order valence-electron chi connectivity index (χ1n) is 7.66. The molecule has 6 heteroatoms. The summed E-state index contributed by atoms with van der Waals surface area (Å²) in [7, 11) is 0. The van der Waals surface area contributed by atoms with Gasteiger partial charge in [-0.2, -0.15) is 0 Å². The van der Waals surface area contributed by atoms with E-state index < -0.39 is 5.82 Å². The van der Waals surface area contributed by atoms with E-state index in [9.17, 15) is 14.0 Å². The quantitative estimate of drug-likeness (QED) is 0.795. The monoisotopic (exact) mass is 390 g/mol. The van der Waals surface area contributed by atoms with Crippen molar-refractivity contribution >= 4 is 33.4 Å². The average molecular weight is 391 g/mol. The highest BCUT2D eigenvalue weighted by atomic mass is 79.9. The maximum atomic E-state index is 14.3. The van der Waals surface area contributed by atoms with Crippen molar-refractivity contribution in [2.45, 2.75) is 12.8 Å². The molecule has 124 valence electrons. The van der Waals surface area contributed by atoms with Crippen LogP contribution in [0.5, 0.6) is 0 Å². The van der Waals surface area contributed by atoms with Crippen molar-refractivity contribution in [3.63, 3.8) is 0 Å². The molecule has 0 radical (unpaired) electrons. The molecule has 24 heavy (non-hydrogen) atoms. The highest BCUT2D eigenvalue weighted by molar-refractivity contribution is 9.10. The summed E-state index contributed by atoms with van der Waals surface area (Å²) in [5, 5.41) is 0. The molecule has 1 aliphatic heterocycles. The number of rotatable bonds is 4. The van der Waals surface area contributed by atoms with Crippen LogP contribution in [0.2, 0.25) is 0 Å². The van der Waals surface area contributed by atoms with Gasteiger partial charge in [-0.1, -0.05) is 24.3 Å². The third-order valence-corrected chi connectivity index (χ3v) is 4.67. The molecule has 0 N–H and O–H groups in total. The van der Waals surface area contributed by atoms with Gasteiger partial charge in [-0.3, -0.25) is 14.5 Å². The number of benzene rings is 2. The number of carbonyl (C=O) groups excluding carboxylic acids is 2. The van der Waals surface area contributed by atoms with Crippen LogP contribution in [-0.4, -0.2) is 29.9 Å². The molecule has 1 saturated heterocycles. The predicted octanol–water partition coefficient (Wildman–Crippen LogP) is 3.81. The Hall–Kier alpha value is -2.21. The Balaban J connectivity index is 1.98. The van der Waals surface area contributed by atoms with Gasteiger partial charge in [0.1, 0.15) is 12.5 Å². The second kappa shape index (κ2) is 7.13. The topological polar surface area (TPSA) is 40.6 Å². The van der Waals surface area contributed by atoms with E-state index in [1.807, 2.05) is 0 Å². The number of nitrogens with zero attached hydrogens (tertiary/aromatic N) is 2. The minimum Gasteiger partial charge on any atom is -0.324 e. The zero-order valence-electron chi connectivity index (χ0n) is 12.9. The maximum Gasteiger partial charge on any atom is 0.260 e. The molecule has 0 spiro atoms. The van der Waals surface area contributed by atoms with Gasteiger partial charge < -0.3 is 4.90 Å². The normalized spacial score (nSPS) is 14.1. The van der Waals surface area contributed by atoms with Crippen LogP contribution in [0.1, 0.15) is 23.2 Å². The van der Waals surface area contributed by atoms with Crippen molar-refractivity contribution in [3.8, 4) is 0 Å². The molecule has 2 aromatic rings. The van der Waals surface area contributed by atoms with Crippen molar-refractivity contribution in [1.82, 2.24) is 4.90 Å². The molecule has 0 atom stereocenters. The van der Waals surface area contributed by atoms with Crippen molar-refractivity contribution in [2.75, 3.05) is 18.1 Å². The fourth-order valence-electron chi connectivity index (χ4n) is 2.72. The van der Waals surface area contributed by atoms with Crippen molar-refractivity contribution < 1.29 is 14.0 Å². The van der Waals surface area contributed by atoms with Crippen molar-refractivity contribution in [1.29, 1.82) is 0 Å². The predicted molar refractivity (Wildman–Crippen MR) is 93.2 cm³/mol. The van der Waals surface area contributed by atoms with E-state index in [2.05, 4.69) is 15.9 Å². The minimum absolute atomic E-state index is 0.0173. The lowest BCUT2D eigenvalue weighted by molar-refractivity contribution is -0.127. The van der Waals surface area contributed by atoms with Gasteiger partial charge in [0, 0.05) is 17.4 Å². The molecule has 4 nitrogen and oxygen atoms in total. The van der Waals surface area contributed by atoms with Gasteiger partial charge in [0.2, 0.25) is 5.91 Å². The van der Waals surface area contributed by atoms with Gasteiger partial charge in [0.05, 0.1) is 11.3 Å². The van der Waals surface area contributed by atoms with Crippen LogP contribution in [0.3, 0.4) is 0 Å². The largest absolute Gasteiger partial charge is 0.324 e. The van der Waals surface area contributed by atoms with Gasteiger partial charge in [0.15, 0.2) is 0 Å². The highest BCUT2D eigenvalue weighted by Crippen LogP contribution is 2.25. The van der Waals surface area contributed by atoms with E-state index in [0.29, 0.717) is 23.0 Å². The molecule has 0 bridgehead atoms. The summed E-state index contributed by atoms with van der Waals surface area (Å²) in [4.78, 5) is 27.8. The highest BCUT2D eigenvalue weighted by Gasteiger charge is 2.28. The van der Waals surface area contributed by atoms with E-state index in [1.54, 1.807) is 47.4 Å². The van der Waals surface area contributed by atoms with E-state index in [-0.39, 0.29) is 24.2 Å². The molecule has 1 aliphatic rings. The Morgan fingerprint density at radius 3 is 2.54 bits per heavy atom. The van der Waals surface area contributed by atoms with Gasteiger partial charge in [-0.25, -0.2) is 4.39 Å². The number of para-hydroxylation sites is 1. The number of amides is 2. The average Bonchev–Trinajstić information content (AvgIpc) is 2.98. The molecule has 3 rings (SSSR count). The van der Waals surface area contributed by atoms with Crippen LogP contribution >= 0.6 is 15.9 Å². The van der Waals surface area contributed by atoms with Gasteiger partial charge in [0.25, 0.3) is 5.91 Å². The van der Waals surface area contributed by atoms with Gasteiger partial charge in [-0.15, -0.1) is 0 Å². The Morgan fingerprint density at radius 1 is 1.17 bits per heavy atom. The van der Waals surface area contributed by atoms with Crippen LogP contribution in [0.4, 0.5) is 10.1 Å². The SMILES string of the molecule is O=C1CCCN1CN(C(=O)c1ccccc1Br)c1ccccc1F. The standard InChI is InChI=1S/C18H16BrFN2O2/c19-14-7-2-1-6-13(14)18(24)22(12-21-11-5-10-17(21)23)16-9-4-3-8-15(16)20/h1-4,6-9H,5,10-12H2. The van der Waals surface area contributed by atoms with Gasteiger partial charge >= 0.3 is 0 Å². The molecular weight excluding hydrogens is 375 g/mol. The smallest absolute Gasteiger partial charge is 0.260 e. The van der Waals surface area contributed by atoms with E-state index >= 15 is 0 Å². The van der Waals surface area contributed by atoms with Crippen LogP contribution in [0.25, 0.3) is 0 Å². The lowest BCUT2D eigenvalue weighted by Gasteiger charge is -2.28. The third-order valence-electron chi connectivity index (χ3n) is 3.98. The second-order valence-corrected chi connectivity index (χ2v) is 6.42. The lowest BCUT2D eigenvalue weighted by atomic mass is 10.2. The number of likely N-dealkylation sites (tertiary alicyclic amines) is 1. The first-order chi connectivity index (χ1) is 11.6. The molecular formula is C18H16BrFN2O2. The van der Waals surface area contributed by atoms with Crippen LogP contribution < -0.4 is 4.90 Å². The van der Waals surface area contributed by atoms with Crippen LogP contribution in [0.15, 0.2) is 53.0 Å². The van der Waals surface area contributed by atoms with Crippen LogP contribution in [-0.2, 0) is 4.79 Å². The zero-order valence-corrected chi connectivity index (χ0v) is 14.5. The summed E-state index contributed by atoms with van der Waals surface area (Å²) >= 11 is 3.36. The third kappa shape index (κ3) is 3.33. The first-order valence-corrected chi connectivity index (χ1v) is 8.46. The second-order valence-electron chi connectivity index (χ2n) is 5.57. The number of anilines is 1. The number of halogens is 2. The van der Waals surface area contributed by atoms with E-state index in [1.165, 1.54) is 11.0 Å². The number of hydrogen-bond donors (Lipinski definition) is 0. The Labute approximate surface area is 148 Å². The fraction of sp³-hybridized carbons (Fsp3) is 0.222. The summed E-state index contributed by atoms with van der Waals surface area (Å²) in [6, 6.07) is 13.1. The molecule has 0 saturated carbocycles. The molecule has 1 fully saturated rings. The summed E-state index contributed by atoms with van der Waals surface area (Å²) < 4.78 is 14.9. The molecule has 0 unspecified atom stereocenters. The van der Waals surface area contributed by atoms with E-state index in [0.717, 1.165) is 6.42 Å². The number of hydrogen-bond acceptors (Lipinski definition) is 2. The summed E-state index contributed by atoms with van der Waals surface area (Å²) in [6.45, 7) is 0.618. The number of carbonyl (C=O) groups is 2. The lowest BCUT2D eigenvalue weighted by Crippen LogP contribution is -2.42. The first kappa shape index (κ1) is 16.6. The van der Waals surface area contributed by atoms with Gasteiger partial charge in [-0.05, 0) is 46.6 Å². The molecule has 0 aromatic heterocycles. The zero-order chi connectivity index (χ0) is 17.1. The van der Waals surface area contributed by atoms with E-state index in [4.69, 9.17) is 0 Å². The Kier molecular flexibility index (Phi) is 4.94. The molecule has 1 heterocycles. The molecule has 2 aromatic carbocycles.